The van der Waals surface area contributed by atoms with Gasteiger partial charge in [0.1, 0.15) is 0 Å². The molecule has 0 radical (unpaired) electrons. The van der Waals surface area contributed by atoms with Crippen molar-refractivity contribution in [2.75, 3.05) is 0 Å². The molecule has 1 aliphatic carbocycles. The first-order chi connectivity index (χ1) is 8.75. The van der Waals surface area contributed by atoms with E-state index in [1.807, 2.05) is 12.3 Å². The van der Waals surface area contributed by atoms with Gasteiger partial charge in [-0.2, -0.15) is 0 Å². The zero-order valence-corrected chi connectivity index (χ0v) is 10.8. The number of hydrogen-bond acceptors (Lipinski definition) is 2. The third-order valence-electron chi connectivity index (χ3n) is 4.40. The monoisotopic (exact) mass is 240 g/mol. The van der Waals surface area contributed by atoms with Crippen molar-refractivity contribution < 1.29 is 0 Å². The standard InChI is InChI=1S/C16H20N2/c1-11-4-2-6-14(11)16(17)13-7-8-15-12(10-13)5-3-9-18-15/h3,5,7-11,14,16H,2,4,6,17H2,1H3. The van der Waals surface area contributed by atoms with Crippen molar-refractivity contribution in [2.45, 2.75) is 32.2 Å². The van der Waals surface area contributed by atoms with Gasteiger partial charge >= 0.3 is 0 Å². The van der Waals surface area contributed by atoms with Crippen LogP contribution in [0.15, 0.2) is 36.5 Å². The Balaban J connectivity index is 1.93. The molecule has 2 N–H and O–H groups in total. The van der Waals surface area contributed by atoms with E-state index >= 15 is 0 Å². The zero-order chi connectivity index (χ0) is 12.5. The molecule has 2 aromatic rings. The molecule has 94 valence electrons. The highest BCUT2D eigenvalue weighted by Crippen LogP contribution is 2.39. The van der Waals surface area contributed by atoms with Gasteiger partial charge in [-0.25, -0.2) is 0 Å². The molecule has 1 heterocycles. The van der Waals surface area contributed by atoms with Gasteiger partial charge in [-0.05, 0) is 42.0 Å². The minimum atomic E-state index is 0.173. The Hall–Kier alpha value is -1.41. The van der Waals surface area contributed by atoms with Gasteiger partial charge in [-0.3, -0.25) is 4.98 Å². The summed E-state index contributed by atoms with van der Waals surface area (Å²) in [6.45, 7) is 2.33. The van der Waals surface area contributed by atoms with Gasteiger partial charge in [-0.15, -0.1) is 0 Å². The molecule has 1 saturated carbocycles. The predicted molar refractivity (Wildman–Crippen MR) is 75.2 cm³/mol. The maximum Gasteiger partial charge on any atom is 0.0702 e. The second-order valence-corrected chi connectivity index (χ2v) is 5.55. The predicted octanol–water partition coefficient (Wildman–Crippen LogP) is 3.67. The number of pyridine rings is 1. The first-order valence-electron chi connectivity index (χ1n) is 6.86. The molecule has 0 bridgehead atoms. The molecule has 2 nitrogen and oxygen atoms in total. The molecule has 3 rings (SSSR count). The largest absolute Gasteiger partial charge is 0.324 e. The fourth-order valence-electron chi connectivity index (χ4n) is 3.26. The zero-order valence-electron chi connectivity index (χ0n) is 10.8. The van der Waals surface area contributed by atoms with Gasteiger partial charge in [0.2, 0.25) is 0 Å². The number of hydrogen-bond donors (Lipinski definition) is 1. The molecular weight excluding hydrogens is 220 g/mol. The van der Waals surface area contributed by atoms with Crippen LogP contribution in [0.5, 0.6) is 0 Å². The number of rotatable bonds is 2. The van der Waals surface area contributed by atoms with E-state index in [1.165, 1.54) is 30.2 Å². The van der Waals surface area contributed by atoms with Gasteiger partial charge < -0.3 is 5.73 Å². The van der Waals surface area contributed by atoms with E-state index in [0.717, 1.165) is 11.4 Å². The molecule has 1 aliphatic rings. The summed E-state index contributed by atoms with van der Waals surface area (Å²) in [5.74, 6) is 1.39. The molecule has 0 spiro atoms. The third kappa shape index (κ3) is 2.01. The number of benzene rings is 1. The Bertz CT molecular complexity index is 550. The number of nitrogens with zero attached hydrogens (tertiary/aromatic N) is 1. The van der Waals surface area contributed by atoms with Crippen molar-refractivity contribution >= 4 is 10.9 Å². The van der Waals surface area contributed by atoms with Gasteiger partial charge in [0.15, 0.2) is 0 Å². The average Bonchev–Trinajstić information content (AvgIpc) is 2.83. The Labute approximate surface area is 108 Å². The number of fused-ring (bicyclic) bond motifs is 1. The molecular formula is C16H20N2. The molecule has 0 amide bonds. The molecule has 18 heavy (non-hydrogen) atoms. The maximum absolute atomic E-state index is 6.46. The Morgan fingerprint density at radius 2 is 2.17 bits per heavy atom. The fraction of sp³-hybridized carbons (Fsp3) is 0.438. The van der Waals surface area contributed by atoms with E-state index in [4.69, 9.17) is 5.73 Å². The second kappa shape index (κ2) is 4.69. The SMILES string of the molecule is CC1CCCC1C(N)c1ccc2ncccc2c1. The average molecular weight is 240 g/mol. The lowest BCUT2D eigenvalue weighted by molar-refractivity contribution is 0.351. The van der Waals surface area contributed by atoms with Crippen LogP contribution in [0.1, 0.15) is 37.8 Å². The summed E-state index contributed by atoms with van der Waals surface area (Å²) in [5, 5.41) is 1.19. The lowest BCUT2D eigenvalue weighted by atomic mass is 9.86. The highest BCUT2D eigenvalue weighted by molar-refractivity contribution is 5.79. The van der Waals surface area contributed by atoms with Gasteiger partial charge in [-0.1, -0.05) is 31.9 Å². The third-order valence-corrected chi connectivity index (χ3v) is 4.40. The lowest BCUT2D eigenvalue weighted by Crippen LogP contribution is -2.23. The van der Waals surface area contributed by atoms with Crippen LogP contribution >= 0.6 is 0 Å². The molecule has 1 aromatic heterocycles. The van der Waals surface area contributed by atoms with Crippen molar-refractivity contribution in [3.05, 3.63) is 42.1 Å². The van der Waals surface area contributed by atoms with Crippen LogP contribution in [0.2, 0.25) is 0 Å². The summed E-state index contributed by atoms with van der Waals surface area (Å²) < 4.78 is 0. The number of nitrogens with two attached hydrogens (primary N) is 1. The molecule has 2 heteroatoms. The topological polar surface area (TPSA) is 38.9 Å². The summed E-state index contributed by atoms with van der Waals surface area (Å²) in [6.07, 6.45) is 5.76. The molecule has 1 aromatic carbocycles. The Morgan fingerprint density at radius 1 is 1.28 bits per heavy atom. The van der Waals surface area contributed by atoms with E-state index in [9.17, 15) is 0 Å². The molecule has 1 fully saturated rings. The van der Waals surface area contributed by atoms with Crippen molar-refractivity contribution in [1.82, 2.24) is 4.98 Å². The smallest absolute Gasteiger partial charge is 0.0702 e. The summed E-state index contributed by atoms with van der Waals surface area (Å²) >= 11 is 0. The van der Waals surface area contributed by atoms with Crippen molar-refractivity contribution in [2.24, 2.45) is 17.6 Å². The number of aromatic nitrogens is 1. The first-order valence-corrected chi connectivity index (χ1v) is 6.86. The van der Waals surface area contributed by atoms with Crippen LogP contribution in [-0.4, -0.2) is 4.98 Å². The van der Waals surface area contributed by atoms with Crippen LogP contribution < -0.4 is 5.73 Å². The van der Waals surface area contributed by atoms with E-state index in [1.54, 1.807) is 0 Å². The van der Waals surface area contributed by atoms with Crippen molar-refractivity contribution in [3.63, 3.8) is 0 Å². The molecule has 3 atom stereocenters. The first kappa shape index (κ1) is 11.7. The van der Waals surface area contributed by atoms with Crippen LogP contribution in [0.4, 0.5) is 0 Å². The van der Waals surface area contributed by atoms with Gasteiger partial charge in [0.05, 0.1) is 5.52 Å². The molecule has 0 aliphatic heterocycles. The lowest BCUT2D eigenvalue weighted by Gasteiger charge is -2.23. The van der Waals surface area contributed by atoms with Gasteiger partial charge in [0, 0.05) is 17.6 Å². The van der Waals surface area contributed by atoms with E-state index in [2.05, 4.69) is 36.2 Å². The Kier molecular flexibility index (Phi) is 3.04. The van der Waals surface area contributed by atoms with Crippen LogP contribution in [0.3, 0.4) is 0 Å². The summed E-state index contributed by atoms with van der Waals surface area (Å²) in [7, 11) is 0. The highest BCUT2D eigenvalue weighted by atomic mass is 14.7. The second-order valence-electron chi connectivity index (χ2n) is 5.55. The van der Waals surface area contributed by atoms with Crippen LogP contribution in [0.25, 0.3) is 10.9 Å². The fourth-order valence-corrected chi connectivity index (χ4v) is 3.26. The van der Waals surface area contributed by atoms with Crippen LogP contribution in [-0.2, 0) is 0 Å². The minimum Gasteiger partial charge on any atom is -0.324 e. The van der Waals surface area contributed by atoms with Crippen molar-refractivity contribution in [1.29, 1.82) is 0 Å². The summed E-state index contributed by atoms with van der Waals surface area (Å²) in [5.41, 5.74) is 8.77. The Morgan fingerprint density at radius 3 is 2.94 bits per heavy atom. The van der Waals surface area contributed by atoms with E-state index < -0.39 is 0 Å². The molecule has 0 saturated heterocycles. The van der Waals surface area contributed by atoms with E-state index in [0.29, 0.717) is 5.92 Å². The van der Waals surface area contributed by atoms with Crippen LogP contribution in [0, 0.1) is 11.8 Å². The van der Waals surface area contributed by atoms with Crippen molar-refractivity contribution in [3.8, 4) is 0 Å². The molecule has 3 unspecified atom stereocenters. The maximum atomic E-state index is 6.46. The van der Waals surface area contributed by atoms with Gasteiger partial charge in [0.25, 0.3) is 0 Å². The quantitative estimate of drug-likeness (QED) is 0.869. The van der Waals surface area contributed by atoms with E-state index in [-0.39, 0.29) is 6.04 Å². The normalized spacial score (nSPS) is 25.4. The summed E-state index contributed by atoms with van der Waals surface area (Å²) in [6, 6.07) is 10.7. The minimum absolute atomic E-state index is 0.173. The summed E-state index contributed by atoms with van der Waals surface area (Å²) in [4.78, 5) is 4.35. The highest BCUT2D eigenvalue weighted by Gasteiger charge is 2.29.